The van der Waals surface area contributed by atoms with Crippen LogP contribution in [0.3, 0.4) is 0 Å². The first-order valence-corrected chi connectivity index (χ1v) is 11.9. The standard InChI is InChI=1S/C27H39N3O2/c1-5-30(21(2)3)20-24-6-10-25(11-7-24)27(31)28-18-22-14-16-29(17-15-22)19-23-8-12-26(32-4)13-9-23/h6-13,21-22H,5,14-20H2,1-4H3,(H,28,31). The summed E-state index contributed by atoms with van der Waals surface area (Å²) in [4.78, 5) is 17.5. The van der Waals surface area contributed by atoms with E-state index < -0.39 is 0 Å². The third kappa shape index (κ3) is 7.07. The van der Waals surface area contributed by atoms with E-state index in [-0.39, 0.29) is 5.91 Å². The van der Waals surface area contributed by atoms with Crippen molar-refractivity contribution in [3.63, 3.8) is 0 Å². The van der Waals surface area contributed by atoms with Gasteiger partial charge in [-0.3, -0.25) is 14.6 Å². The molecule has 2 aromatic rings. The SMILES string of the molecule is CCN(Cc1ccc(C(=O)NCC2CCN(Cc3ccc(OC)cc3)CC2)cc1)C(C)C. The van der Waals surface area contributed by atoms with Gasteiger partial charge in [-0.05, 0) is 87.6 Å². The maximum absolute atomic E-state index is 12.6. The highest BCUT2D eigenvalue weighted by Crippen LogP contribution is 2.20. The zero-order valence-electron chi connectivity index (χ0n) is 20.1. The van der Waals surface area contributed by atoms with Crippen LogP contribution in [0.5, 0.6) is 5.75 Å². The molecule has 1 saturated heterocycles. The molecule has 32 heavy (non-hydrogen) atoms. The van der Waals surface area contributed by atoms with E-state index in [4.69, 9.17) is 4.74 Å². The number of hydrogen-bond acceptors (Lipinski definition) is 4. The Kier molecular flexibility index (Phi) is 9.12. The number of amides is 1. The van der Waals surface area contributed by atoms with Crippen molar-refractivity contribution in [1.82, 2.24) is 15.1 Å². The van der Waals surface area contributed by atoms with Gasteiger partial charge in [0, 0.05) is 31.2 Å². The molecule has 174 valence electrons. The number of carbonyl (C=O) groups excluding carboxylic acids is 1. The van der Waals surface area contributed by atoms with E-state index in [1.165, 1.54) is 11.1 Å². The minimum Gasteiger partial charge on any atom is -0.497 e. The number of benzene rings is 2. The molecule has 0 unspecified atom stereocenters. The van der Waals surface area contributed by atoms with Gasteiger partial charge < -0.3 is 10.1 Å². The van der Waals surface area contributed by atoms with E-state index >= 15 is 0 Å². The lowest BCUT2D eigenvalue weighted by Crippen LogP contribution is -2.38. The van der Waals surface area contributed by atoms with Crippen LogP contribution in [0.25, 0.3) is 0 Å². The summed E-state index contributed by atoms with van der Waals surface area (Å²) in [6.07, 6.45) is 2.24. The predicted molar refractivity (Wildman–Crippen MR) is 131 cm³/mol. The molecule has 2 aromatic carbocycles. The van der Waals surface area contributed by atoms with Gasteiger partial charge in [-0.15, -0.1) is 0 Å². The molecular weight excluding hydrogens is 398 g/mol. The van der Waals surface area contributed by atoms with Crippen LogP contribution in [-0.2, 0) is 13.1 Å². The van der Waals surface area contributed by atoms with Crippen LogP contribution >= 0.6 is 0 Å². The molecule has 5 nitrogen and oxygen atoms in total. The predicted octanol–water partition coefficient (Wildman–Crippen LogP) is 4.57. The average molecular weight is 438 g/mol. The normalized spacial score (nSPS) is 15.3. The topological polar surface area (TPSA) is 44.8 Å². The van der Waals surface area contributed by atoms with Crippen LogP contribution < -0.4 is 10.1 Å². The first-order valence-electron chi connectivity index (χ1n) is 11.9. The van der Waals surface area contributed by atoms with Crippen molar-refractivity contribution in [2.75, 3.05) is 33.3 Å². The van der Waals surface area contributed by atoms with Gasteiger partial charge >= 0.3 is 0 Å². The molecule has 1 amide bonds. The van der Waals surface area contributed by atoms with Crippen LogP contribution in [0.1, 0.15) is 55.1 Å². The van der Waals surface area contributed by atoms with Crippen molar-refractivity contribution in [2.24, 2.45) is 5.92 Å². The number of nitrogens with one attached hydrogen (secondary N) is 1. The molecule has 5 heteroatoms. The maximum atomic E-state index is 12.6. The minimum absolute atomic E-state index is 0.0356. The molecule has 0 bridgehead atoms. The fourth-order valence-corrected chi connectivity index (χ4v) is 4.33. The molecule has 0 radical (unpaired) electrons. The Hall–Kier alpha value is -2.37. The van der Waals surface area contributed by atoms with Gasteiger partial charge in [-0.1, -0.05) is 31.2 Å². The highest BCUT2D eigenvalue weighted by atomic mass is 16.5. The maximum Gasteiger partial charge on any atom is 0.251 e. The lowest BCUT2D eigenvalue weighted by atomic mass is 9.96. The number of ether oxygens (including phenoxy) is 1. The molecular formula is C27H39N3O2. The third-order valence-corrected chi connectivity index (χ3v) is 6.56. The van der Waals surface area contributed by atoms with Gasteiger partial charge in [0.2, 0.25) is 0 Å². The van der Waals surface area contributed by atoms with Gasteiger partial charge in [0.15, 0.2) is 0 Å². The first-order chi connectivity index (χ1) is 15.5. The fraction of sp³-hybridized carbons (Fsp3) is 0.519. The summed E-state index contributed by atoms with van der Waals surface area (Å²) in [5.41, 5.74) is 3.32. The van der Waals surface area contributed by atoms with Gasteiger partial charge in [0.05, 0.1) is 7.11 Å². The Morgan fingerprint density at radius 3 is 2.25 bits per heavy atom. The minimum atomic E-state index is 0.0356. The molecule has 1 fully saturated rings. The summed E-state index contributed by atoms with van der Waals surface area (Å²) < 4.78 is 5.24. The van der Waals surface area contributed by atoms with Crippen molar-refractivity contribution < 1.29 is 9.53 Å². The van der Waals surface area contributed by atoms with Crippen molar-refractivity contribution in [1.29, 1.82) is 0 Å². The van der Waals surface area contributed by atoms with Crippen LogP contribution in [0.15, 0.2) is 48.5 Å². The van der Waals surface area contributed by atoms with E-state index in [0.717, 1.165) is 63.4 Å². The summed E-state index contributed by atoms with van der Waals surface area (Å²) in [5.74, 6) is 1.49. The largest absolute Gasteiger partial charge is 0.497 e. The van der Waals surface area contributed by atoms with Crippen LogP contribution in [0.4, 0.5) is 0 Å². The second-order valence-electron chi connectivity index (χ2n) is 9.13. The summed E-state index contributed by atoms with van der Waals surface area (Å²) in [6, 6.07) is 16.9. The monoisotopic (exact) mass is 437 g/mol. The Morgan fingerprint density at radius 2 is 1.69 bits per heavy atom. The summed E-state index contributed by atoms with van der Waals surface area (Å²) in [7, 11) is 1.70. The van der Waals surface area contributed by atoms with Crippen LogP contribution in [-0.4, -0.2) is 55.0 Å². The summed E-state index contributed by atoms with van der Waals surface area (Å²) >= 11 is 0. The average Bonchev–Trinajstić information content (AvgIpc) is 2.82. The number of piperidine rings is 1. The van der Waals surface area contributed by atoms with E-state index in [9.17, 15) is 4.79 Å². The fourth-order valence-electron chi connectivity index (χ4n) is 4.33. The van der Waals surface area contributed by atoms with Crippen molar-refractivity contribution in [3.05, 3.63) is 65.2 Å². The number of hydrogen-bond donors (Lipinski definition) is 1. The third-order valence-electron chi connectivity index (χ3n) is 6.56. The summed E-state index contributed by atoms with van der Waals surface area (Å²) in [5, 5.41) is 3.15. The van der Waals surface area contributed by atoms with Crippen molar-refractivity contribution >= 4 is 5.91 Å². The van der Waals surface area contributed by atoms with Gasteiger partial charge in [0.1, 0.15) is 5.75 Å². The quantitative estimate of drug-likeness (QED) is 0.592. The molecule has 0 aromatic heterocycles. The number of nitrogens with zero attached hydrogens (tertiary/aromatic N) is 2. The zero-order valence-corrected chi connectivity index (χ0v) is 20.1. The van der Waals surface area contributed by atoms with E-state index in [2.05, 4.69) is 60.2 Å². The Labute approximate surface area is 193 Å². The summed E-state index contributed by atoms with van der Waals surface area (Å²) in [6.45, 7) is 12.4. The molecule has 1 N–H and O–H groups in total. The van der Waals surface area contributed by atoms with E-state index in [1.807, 2.05) is 24.3 Å². The molecule has 0 atom stereocenters. The van der Waals surface area contributed by atoms with Gasteiger partial charge in [0.25, 0.3) is 5.91 Å². The number of methoxy groups -OCH3 is 1. The Balaban J connectivity index is 1.40. The molecule has 0 saturated carbocycles. The van der Waals surface area contributed by atoms with Crippen LogP contribution in [0, 0.1) is 5.92 Å². The number of carbonyl (C=O) groups is 1. The lowest BCUT2D eigenvalue weighted by molar-refractivity contribution is 0.0935. The van der Waals surface area contributed by atoms with Crippen LogP contribution in [0.2, 0.25) is 0 Å². The second kappa shape index (κ2) is 12.0. The highest BCUT2D eigenvalue weighted by Gasteiger charge is 2.20. The van der Waals surface area contributed by atoms with Crippen molar-refractivity contribution in [2.45, 2.75) is 52.7 Å². The van der Waals surface area contributed by atoms with Gasteiger partial charge in [-0.25, -0.2) is 0 Å². The smallest absolute Gasteiger partial charge is 0.251 e. The molecule has 1 aliphatic heterocycles. The second-order valence-corrected chi connectivity index (χ2v) is 9.13. The number of likely N-dealkylation sites (tertiary alicyclic amines) is 1. The molecule has 3 rings (SSSR count). The molecule has 0 aliphatic carbocycles. The van der Waals surface area contributed by atoms with Crippen molar-refractivity contribution in [3.8, 4) is 5.75 Å². The Bertz CT molecular complexity index is 825. The highest BCUT2D eigenvalue weighted by molar-refractivity contribution is 5.94. The Morgan fingerprint density at radius 1 is 1.06 bits per heavy atom. The molecule has 1 aliphatic rings. The van der Waals surface area contributed by atoms with Gasteiger partial charge in [-0.2, -0.15) is 0 Å². The number of rotatable bonds is 10. The molecule has 1 heterocycles. The van der Waals surface area contributed by atoms with E-state index in [0.29, 0.717) is 12.0 Å². The zero-order chi connectivity index (χ0) is 22.9. The lowest BCUT2D eigenvalue weighted by Gasteiger charge is -2.32. The van der Waals surface area contributed by atoms with E-state index in [1.54, 1.807) is 7.11 Å². The molecule has 0 spiro atoms. The first kappa shape index (κ1) is 24.3.